The fraction of sp³-hybridized carbons (Fsp3) is 0. The first-order valence-corrected chi connectivity index (χ1v) is 4.70. The number of benzene rings is 1. The average molecular weight is 237 g/mol. The predicted octanol–water partition coefficient (Wildman–Crippen LogP) is 1.78. The molecule has 1 heterocycles. The molecule has 0 bridgehead atoms. The molecule has 0 atom stereocenters. The number of aromatic nitrogens is 2. The highest BCUT2D eigenvalue weighted by atomic mass is 19.1. The lowest BCUT2D eigenvalue weighted by Crippen LogP contribution is -2.09. The van der Waals surface area contributed by atoms with Crippen molar-refractivity contribution in [3.8, 4) is 0 Å². The number of hydrazine groups is 1. The van der Waals surface area contributed by atoms with Gasteiger partial charge in [-0.2, -0.15) is 0 Å². The summed E-state index contributed by atoms with van der Waals surface area (Å²) >= 11 is 0. The molecule has 1 aromatic heterocycles. The highest BCUT2D eigenvalue weighted by molar-refractivity contribution is 5.59. The number of nitrogens with zero attached hydrogens (tertiary/aromatic N) is 2. The molecule has 4 N–H and O–H groups in total. The van der Waals surface area contributed by atoms with Crippen LogP contribution in [0, 0.1) is 11.6 Å². The monoisotopic (exact) mass is 237 g/mol. The first-order valence-electron chi connectivity index (χ1n) is 4.70. The van der Waals surface area contributed by atoms with Crippen molar-refractivity contribution in [3.05, 3.63) is 42.2 Å². The highest BCUT2D eigenvalue weighted by Crippen LogP contribution is 2.20. The summed E-state index contributed by atoms with van der Waals surface area (Å²) in [6.45, 7) is 0. The molecular weight excluding hydrogens is 228 g/mol. The molecule has 2 aromatic rings. The molecule has 7 heteroatoms. The quantitative estimate of drug-likeness (QED) is 0.560. The molecule has 0 aliphatic rings. The van der Waals surface area contributed by atoms with Gasteiger partial charge in [0.2, 0.25) is 0 Å². The number of nitrogen functional groups attached to an aromatic ring is 1. The normalized spacial score (nSPS) is 10.1. The van der Waals surface area contributed by atoms with Crippen molar-refractivity contribution in [2.24, 2.45) is 5.84 Å². The second-order valence-electron chi connectivity index (χ2n) is 3.18. The Morgan fingerprint density at radius 1 is 1.06 bits per heavy atom. The second kappa shape index (κ2) is 4.71. The number of nitrogens with one attached hydrogen (secondary N) is 2. The maximum atomic E-state index is 13.3. The van der Waals surface area contributed by atoms with Gasteiger partial charge in [-0.05, 0) is 12.1 Å². The maximum Gasteiger partial charge on any atom is 0.146 e. The molecule has 0 saturated carbocycles. The van der Waals surface area contributed by atoms with Crippen LogP contribution < -0.4 is 16.6 Å². The summed E-state index contributed by atoms with van der Waals surface area (Å²) in [7, 11) is 0. The number of rotatable bonds is 3. The summed E-state index contributed by atoms with van der Waals surface area (Å²) in [6, 6.07) is 4.56. The van der Waals surface area contributed by atoms with Crippen LogP contribution in [0.4, 0.5) is 26.1 Å². The third-order valence-corrected chi connectivity index (χ3v) is 2.01. The molecular formula is C10H9F2N5. The predicted molar refractivity (Wildman–Crippen MR) is 59.5 cm³/mol. The smallest absolute Gasteiger partial charge is 0.146 e. The van der Waals surface area contributed by atoms with Gasteiger partial charge in [-0.3, -0.25) is 0 Å². The minimum atomic E-state index is -0.577. The van der Waals surface area contributed by atoms with Crippen LogP contribution in [0.2, 0.25) is 0 Å². The molecule has 5 nitrogen and oxygen atoms in total. The SMILES string of the molecule is NNc1cc(Nc2cc(F)ccc2F)ncn1. The Morgan fingerprint density at radius 3 is 2.59 bits per heavy atom. The highest BCUT2D eigenvalue weighted by Gasteiger charge is 2.05. The van der Waals surface area contributed by atoms with E-state index >= 15 is 0 Å². The molecule has 0 spiro atoms. The van der Waals surface area contributed by atoms with Crippen LogP contribution in [0.3, 0.4) is 0 Å². The van der Waals surface area contributed by atoms with Crippen molar-refractivity contribution in [1.82, 2.24) is 9.97 Å². The van der Waals surface area contributed by atoms with Crippen LogP contribution in [0.1, 0.15) is 0 Å². The van der Waals surface area contributed by atoms with Gasteiger partial charge in [0.15, 0.2) is 0 Å². The van der Waals surface area contributed by atoms with Crippen molar-refractivity contribution >= 4 is 17.3 Å². The first-order chi connectivity index (χ1) is 8.19. The fourth-order valence-electron chi connectivity index (χ4n) is 1.24. The Hall–Kier alpha value is -2.28. The van der Waals surface area contributed by atoms with Crippen LogP contribution in [0.25, 0.3) is 0 Å². The third kappa shape index (κ3) is 2.64. The van der Waals surface area contributed by atoms with Crippen LogP contribution in [0.15, 0.2) is 30.6 Å². The second-order valence-corrected chi connectivity index (χ2v) is 3.18. The Labute approximate surface area is 95.7 Å². The van der Waals surface area contributed by atoms with Gasteiger partial charge in [-0.15, -0.1) is 0 Å². The topological polar surface area (TPSA) is 75.9 Å². The zero-order valence-electron chi connectivity index (χ0n) is 8.61. The van der Waals surface area contributed by atoms with Crippen molar-refractivity contribution in [2.45, 2.75) is 0 Å². The number of hydrogen-bond donors (Lipinski definition) is 3. The summed E-state index contributed by atoms with van der Waals surface area (Å²) in [6.07, 6.45) is 1.24. The van der Waals surface area contributed by atoms with Crippen LogP contribution in [-0.4, -0.2) is 9.97 Å². The molecule has 0 saturated heterocycles. The van der Waals surface area contributed by atoms with Crippen LogP contribution in [-0.2, 0) is 0 Å². The summed E-state index contributed by atoms with van der Waals surface area (Å²) in [5.41, 5.74) is 2.31. The molecule has 88 valence electrons. The van der Waals surface area contributed by atoms with Crippen LogP contribution in [0.5, 0.6) is 0 Å². The summed E-state index contributed by atoms with van der Waals surface area (Å²) in [5, 5.41) is 2.63. The number of anilines is 3. The number of nitrogens with two attached hydrogens (primary N) is 1. The lowest BCUT2D eigenvalue weighted by Gasteiger charge is -2.07. The van der Waals surface area contributed by atoms with Gasteiger partial charge in [0, 0.05) is 12.1 Å². The van der Waals surface area contributed by atoms with Gasteiger partial charge < -0.3 is 10.7 Å². The standard InChI is InChI=1S/C10H9F2N5/c11-6-1-2-7(12)8(3-6)16-9-4-10(17-13)15-5-14-9/h1-5H,13H2,(H2,14,15,16,17). The third-order valence-electron chi connectivity index (χ3n) is 2.01. The van der Waals surface area contributed by atoms with E-state index in [1.165, 1.54) is 12.4 Å². The molecule has 2 rings (SSSR count). The average Bonchev–Trinajstić information content (AvgIpc) is 2.34. The summed E-state index contributed by atoms with van der Waals surface area (Å²) in [5.74, 6) is 4.71. The van der Waals surface area contributed by atoms with Crippen molar-refractivity contribution in [2.75, 3.05) is 10.7 Å². The largest absolute Gasteiger partial charge is 0.338 e. The Balaban J connectivity index is 2.27. The van der Waals surface area contributed by atoms with Crippen LogP contribution >= 0.6 is 0 Å². The molecule has 0 aliphatic heterocycles. The summed E-state index contributed by atoms with van der Waals surface area (Å²) < 4.78 is 26.2. The molecule has 0 radical (unpaired) electrons. The van der Waals surface area contributed by atoms with Crippen molar-refractivity contribution in [1.29, 1.82) is 0 Å². The van der Waals surface area contributed by atoms with E-state index in [1.54, 1.807) is 0 Å². The van der Waals surface area contributed by atoms with Gasteiger partial charge in [0.25, 0.3) is 0 Å². The van der Waals surface area contributed by atoms with Crippen molar-refractivity contribution in [3.63, 3.8) is 0 Å². The fourth-order valence-corrected chi connectivity index (χ4v) is 1.24. The van der Waals surface area contributed by atoms with Gasteiger partial charge in [0.1, 0.15) is 29.6 Å². The minimum absolute atomic E-state index is 0.00771. The molecule has 1 aromatic carbocycles. The Bertz CT molecular complexity index is 532. The van der Waals surface area contributed by atoms with Gasteiger partial charge in [-0.1, -0.05) is 0 Å². The van der Waals surface area contributed by atoms with E-state index in [0.717, 1.165) is 18.2 Å². The molecule has 17 heavy (non-hydrogen) atoms. The number of hydrogen-bond acceptors (Lipinski definition) is 5. The number of halogens is 2. The molecule has 0 unspecified atom stereocenters. The van der Waals surface area contributed by atoms with E-state index in [4.69, 9.17) is 5.84 Å². The van der Waals surface area contributed by atoms with Gasteiger partial charge in [-0.25, -0.2) is 24.6 Å². The zero-order valence-corrected chi connectivity index (χ0v) is 8.61. The lowest BCUT2D eigenvalue weighted by molar-refractivity contribution is 0.603. The van der Waals surface area contributed by atoms with E-state index in [-0.39, 0.29) is 5.69 Å². The maximum absolute atomic E-state index is 13.3. The minimum Gasteiger partial charge on any atom is -0.338 e. The first kappa shape index (κ1) is 11.2. The molecule has 0 aliphatic carbocycles. The Kier molecular flexibility index (Phi) is 3.10. The van der Waals surface area contributed by atoms with Gasteiger partial charge in [0.05, 0.1) is 5.69 Å². The van der Waals surface area contributed by atoms with E-state index in [0.29, 0.717) is 11.6 Å². The lowest BCUT2D eigenvalue weighted by atomic mass is 10.3. The molecule has 0 amide bonds. The van der Waals surface area contributed by atoms with E-state index < -0.39 is 11.6 Å². The van der Waals surface area contributed by atoms with E-state index in [9.17, 15) is 8.78 Å². The zero-order chi connectivity index (χ0) is 12.3. The molecule has 0 fully saturated rings. The van der Waals surface area contributed by atoms with Crippen molar-refractivity contribution < 1.29 is 8.78 Å². The van der Waals surface area contributed by atoms with Gasteiger partial charge >= 0.3 is 0 Å². The Morgan fingerprint density at radius 2 is 1.82 bits per heavy atom. The van der Waals surface area contributed by atoms with E-state index in [1.807, 2.05) is 0 Å². The summed E-state index contributed by atoms with van der Waals surface area (Å²) in [4.78, 5) is 7.63. The van der Waals surface area contributed by atoms with E-state index in [2.05, 4.69) is 20.7 Å².